The maximum Gasteiger partial charge on any atom is 0.257 e. The first-order chi connectivity index (χ1) is 16.6. The van der Waals surface area contributed by atoms with Gasteiger partial charge in [-0.3, -0.25) is 9.69 Å². The first-order valence-electron chi connectivity index (χ1n) is 11.8. The lowest BCUT2D eigenvalue weighted by Gasteiger charge is -2.30. The molecule has 3 heterocycles. The fourth-order valence-corrected chi connectivity index (χ4v) is 4.99. The second-order valence-electron chi connectivity index (χ2n) is 9.21. The highest BCUT2D eigenvalue weighted by atomic mass is 16.7. The first-order valence-corrected chi connectivity index (χ1v) is 11.8. The first kappa shape index (κ1) is 20.9. The van der Waals surface area contributed by atoms with E-state index < -0.39 is 0 Å². The van der Waals surface area contributed by atoms with Crippen LogP contribution in [-0.2, 0) is 17.8 Å². The number of hydrazone groups is 1. The van der Waals surface area contributed by atoms with Crippen molar-refractivity contribution in [3.05, 3.63) is 94.5 Å². The van der Waals surface area contributed by atoms with Gasteiger partial charge in [0.25, 0.3) is 5.91 Å². The van der Waals surface area contributed by atoms with Crippen LogP contribution in [0.25, 0.3) is 0 Å². The van der Waals surface area contributed by atoms with Crippen molar-refractivity contribution in [2.45, 2.75) is 32.4 Å². The van der Waals surface area contributed by atoms with E-state index in [0.717, 1.165) is 47.8 Å². The van der Waals surface area contributed by atoms with E-state index >= 15 is 0 Å². The van der Waals surface area contributed by atoms with Crippen molar-refractivity contribution < 1.29 is 14.3 Å². The second kappa shape index (κ2) is 8.61. The Hall–Kier alpha value is -3.64. The van der Waals surface area contributed by atoms with Crippen molar-refractivity contribution >= 4 is 11.6 Å². The molecule has 6 nitrogen and oxygen atoms in total. The predicted molar refractivity (Wildman–Crippen MR) is 130 cm³/mol. The van der Waals surface area contributed by atoms with Crippen LogP contribution in [-0.4, -0.2) is 41.4 Å². The molecule has 3 aromatic rings. The fourth-order valence-electron chi connectivity index (χ4n) is 4.99. The average Bonchev–Trinajstić information content (AvgIpc) is 3.51. The van der Waals surface area contributed by atoms with Gasteiger partial charge in [0.2, 0.25) is 6.79 Å². The zero-order chi connectivity index (χ0) is 23.1. The molecule has 3 aliphatic rings. The Balaban J connectivity index is 1.27. The van der Waals surface area contributed by atoms with Crippen LogP contribution in [0.15, 0.2) is 71.8 Å². The number of hydrogen-bond acceptors (Lipinski definition) is 5. The Morgan fingerprint density at radius 2 is 1.79 bits per heavy atom. The minimum absolute atomic E-state index is 0.0177. The monoisotopic (exact) mass is 453 g/mol. The largest absolute Gasteiger partial charge is 0.454 e. The van der Waals surface area contributed by atoms with Crippen LogP contribution in [0, 0.1) is 6.92 Å². The molecule has 0 saturated carbocycles. The number of amides is 1. The van der Waals surface area contributed by atoms with Crippen molar-refractivity contribution in [3.8, 4) is 11.5 Å². The average molecular weight is 454 g/mol. The van der Waals surface area contributed by atoms with E-state index in [2.05, 4.69) is 60.4 Å². The van der Waals surface area contributed by atoms with Gasteiger partial charge in [0.05, 0.1) is 18.3 Å². The molecule has 6 rings (SSSR count). The third-order valence-corrected chi connectivity index (χ3v) is 6.90. The maximum atomic E-state index is 13.6. The van der Waals surface area contributed by atoms with Gasteiger partial charge in [-0.15, -0.1) is 0 Å². The summed E-state index contributed by atoms with van der Waals surface area (Å²) < 4.78 is 11.1. The molecule has 0 radical (unpaired) electrons. The molecular weight excluding hydrogens is 426 g/mol. The summed E-state index contributed by atoms with van der Waals surface area (Å²) in [5.74, 6) is 1.48. The molecule has 6 heteroatoms. The van der Waals surface area contributed by atoms with Gasteiger partial charge in [-0.1, -0.05) is 60.2 Å². The Morgan fingerprint density at radius 3 is 2.65 bits per heavy atom. The molecule has 0 saturated heterocycles. The van der Waals surface area contributed by atoms with E-state index in [1.54, 1.807) is 5.01 Å². The SMILES string of the molecule is Cc1ccc(C2=NN(C(=O)CN3CCc4ccccc4C3)[C@@H](c3ccc4c(c3)OCO4)C2)cc1. The molecule has 1 atom stereocenters. The molecule has 0 spiro atoms. The highest BCUT2D eigenvalue weighted by Gasteiger charge is 2.35. The summed E-state index contributed by atoms with van der Waals surface area (Å²) in [5, 5.41) is 6.54. The van der Waals surface area contributed by atoms with Crippen LogP contribution >= 0.6 is 0 Å². The molecule has 0 fully saturated rings. The Labute approximate surface area is 199 Å². The molecule has 1 amide bonds. The van der Waals surface area contributed by atoms with E-state index in [9.17, 15) is 4.79 Å². The lowest BCUT2D eigenvalue weighted by Crippen LogP contribution is -2.40. The third-order valence-electron chi connectivity index (χ3n) is 6.90. The van der Waals surface area contributed by atoms with E-state index in [1.807, 2.05) is 18.2 Å². The van der Waals surface area contributed by atoms with Gasteiger partial charge in [-0.05, 0) is 47.7 Å². The minimum Gasteiger partial charge on any atom is -0.454 e. The number of carbonyl (C=O) groups excluding carboxylic acids is 1. The van der Waals surface area contributed by atoms with Crippen molar-refractivity contribution in [1.82, 2.24) is 9.91 Å². The lowest BCUT2D eigenvalue weighted by atomic mass is 9.97. The molecule has 3 aliphatic heterocycles. The highest BCUT2D eigenvalue weighted by Crippen LogP contribution is 2.39. The highest BCUT2D eigenvalue weighted by molar-refractivity contribution is 6.03. The molecule has 0 N–H and O–H groups in total. The summed E-state index contributed by atoms with van der Waals surface area (Å²) in [6, 6.07) is 22.6. The summed E-state index contributed by atoms with van der Waals surface area (Å²) in [7, 11) is 0. The van der Waals surface area contributed by atoms with Crippen LogP contribution in [0.3, 0.4) is 0 Å². The summed E-state index contributed by atoms with van der Waals surface area (Å²) in [6.45, 7) is 4.31. The zero-order valence-corrected chi connectivity index (χ0v) is 19.2. The van der Waals surface area contributed by atoms with Gasteiger partial charge in [0, 0.05) is 19.5 Å². The van der Waals surface area contributed by atoms with Crippen LogP contribution in [0.2, 0.25) is 0 Å². The van der Waals surface area contributed by atoms with E-state index in [1.165, 1.54) is 16.7 Å². The van der Waals surface area contributed by atoms with Crippen LogP contribution in [0.4, 0.5) is 0 Å². The number of nitrogens with zero attached hydrogens (tertiary/aromatic N) is 3. The number of hydrogen-bond donors (Lipinski definition) is 0. The van der Waals surface area contributed by atoms with Crippen LogP contribution < -0.4 is 9.47 Å². The Kier molecular flexibility index (Phi) is 5.30. The van der Waals surface area contributed by atoms with Gasteiger partial charge in [0.15, 0.2) is 11.5 Å². The van der Waals surface area contributed by atoms with Gasteiger partial charge in [0.1, 0.15) is 0 Å². The van der Waals surface area contributed by atoms with Crippen molar-refractivity contribution in [1.29, 1.82) is 0 Å². The molecule has 3 aromatic carbocycles. The standard InChI is InChI=1S/C28H27N3O3/c1-19-6-8-21(9-7-19)24-15-25(22-10-11-26-27(14-22)34-18-33-26)31(29-24)28(32)17-30-13-12-20-4-2-3-5-23(20)16-30/h2-11,14,25H,12-13,15-18H2,1H3/t25-/m1/s1. The number of carbonyl (C=O) groups is 1. The Bertz CT molecular complexity index is 1270. The number of fused-ring (bicyclic) bond motifs is 2. The Morgan fingerprint density at radius 1 is 1.00 bits per heavy atom. The maximum absolute atomic E-state index is 13.6. The molecular formula is C28H27N3O3. The minimum atomic E-state index is -0.171. The summed E-state index contributed by atoms with van der Waals surface area (Å²) >= 11 is 0. The smallest absolute Gasteiger partial charge is 0.257 e. The topological polar surface area (TPSA) is 54.4 Å². The van der Waals surface area contributed by atoms with Gasteiger partial charge >= 0.3 is 0 Å². The molecule has 0 aromatic heterocycles. The number of benzene rings is 3. The molecule has 0 unspecified atom stereocenters. The third kappa shape index (κ3) is 3.94. The second-order valence-corrected chi connectivity index (χ2v) is 9.21. The quantitative estimate of drug-likeness (QED) is 0.585. The van der Waals surface area contributed by atoms with Crippen molar-refractivity contribution in [2.24, 2.45) is 5.10 Å². The summed E-state index contributed by atoms with van der Waals surface area (Å²) in [6.07, 6.45) is 1.63. The van der Waals surface area contributed by atoms with Crippen molar-refractivity contribution in [3.63, 3.8) is 0 Å². The van der Waals surface area contributed by atoms with Crippen molar-refractivity contribution in [2.75, 3.05) is 19.9 Å². The summed E-state index contributed by atoms with van der Waals surface area (Å²) in [5.41, 5.74) is 6.88. The molecule has 172 valence electrons. The van der Waals surface area contributed by atoms with E-state index in [4.69, 9.17) is 14.6 Å². The number of rotatable bonds is 4. The zero-order valence-electron chi connectivity index (χ0n) is 19.2. The molecule has 0 aliphatic carbocycles. The van der Waals surface area contributed by atoms with Gasteiger partial charge in [-0.2, -0.15) is 5.10 Å². The molecule has 34 heavy (non-hydrogen) atoms. The predicted octanol–water partition coefficient (Wildman–Crippen LogP) is 4.46. The molecule has 0 bridgehead atoms. The number of aryl methyl sites for hydroxylation is 1. The lowest BCUT2D eigenvalue weighted by molar-refractivity contribution is -0.134. The normalized spacial score (nSPS) is 19.1. The van der Waals surface area contributed by atoms with Gasteiger partial charge < -0.3 is 9.47 Å². The van der Waals surface area contributed by atoms with Crippen LogP contribution in [0.1, 0.15) is 40.3 Å². The summed E-state index contributed by atoms with van der Waals surface area (Å²) in [4.78, 5) is 15.8. The fraction of sp³-hybridized carbons (Fsp3) is 0.286. The van der Waals surface area contributed by atoms with E-state index in [0.29, 0.717) is 13.0 Å². The van der Waals surface area contributed by atoms with Gasteiger partial charge in [-0.25, -0.2) is 5.01 Å². The number of ether oxygens (including phenoxy) is 2. The van der Waals surface area contributed by atoms with E-state index in [-0.39, 0.29) is 18.7 Å². The van der Waals surface area contributed by atoms with Crippen LogP contribution in [0.5, 0.6) is 11.5 Å².